The van der Waals surface area contributed by atoms with Gasteiger partial charge in [0.15, 0.2) is 0 Å². The van der Waals surface area contributed by atoms with Crippen LogP contribution in [0.2, 0.25) is 0 Å². The second kappa shape index (κ2) is 8.34. The van der Waals surface area contributed by atoms with Crippen LogP contribution in [0.4, 0.5) is 9.88 Å². The van der Waals surface area contributed by atoms with Crippen molar-refractivity contribution < 1.29 is 18.0 Å². The molecule has 2 aromatic rings. The lowest BCUT2D eigenvalue weighted by Crippen LogP contribution is -2.06. The van der Waals surface area contributed by atoms with Gasteiger partial charge >= 0.3 is 7.68 Å². The number of nitrogens with zero attached hydrogens (tertiary/aromatic N) is 3. The average molecular weight is 335 g/mol. The van der Waals surface area contributed by atoms with Crippen molar-refractivity contribution in [1.29, 1.82) is 0 Å². The van der Waals surface area contributed by atoms with Crippen molar-refractivity contribution in [3.63, 3.8) is 0 Å². The van der Waals surface area contributed by atoms with Crippen LogP contribution in [0.1, 0.15) is 6.42 Å². The van der Waals surface area contributed by atoms with Crippen LogP contribution < -0.4 is 10.0 Å². The Morgan fingerprint density at radius 1 is 1.09 bits per heavy atom. The van der Waals surface area contributed by atoms with Gasteiger partial charge in [0.1, 0.15) is 5.75 Å². The molecule has 0 fully saturated rings. The molecule has 0 bridgehead atoms. The minimum atomic E-state index is -4.27. The van der Waals surface area contributed by atoms with E-state index < -0.39 is 7.68 Å². The molecule has 23 heavy (non-hydrogen) atoms. The van der Waals surface area contributed by atoms with Crippen molar-refractivity contribution in [3.8, 4) is 5.75 Å². The molecule has 0 aliphatic carbocycles. The van der Waals surface area contributed by atoms with Crippen molar-refractivity contribution >= 4 is 18.7 Å². The highest BCUT2D eigenvalue weighted by Gasteiger charge is 2.24. The zero-order valence-electron chi connectivity index (χ0n) is 12.2. The van der Waals surface area contributed by atoms with E-state index in [1.807, 2.05) is 0 Å². The Morgan fingerprint density at radius 2 is 1.78 bits per heavy atom. The lowest BCUT2D eigenvalue weighted by atomic mass is 10.3. The summed E-state index contributed by atoms with van der Waals surface area (Å²) in [5, 5.41) is 3.50. The topological polar surface area (TPSA) is 84.3 Å². The normalized spacial score (nSPS) is 12.9. The Hall–Kier alpha value is -2.33. The lowest BCUT2D eigenvalue weighted by molar-refractivity contribution is 0.240. The highest BCUT2D eigenvalue weighted by molar-refractivity contribution is 7.61. The summed E-state index contributed by atoms with van der Waals surface area (Å²) in [4.78, 5) is 2.68. The Balaban J connectivity index is 1.73. The molecular weight excluding hydrogens is 320 g/mol. The molecule has 0 heterocycles. The minimum Gasteiger partial charge on any atom is -0.494 e. The first-order valence-corrected chi connectivity index (χ1v) is 8.41. The van der Waals surface area contributed by atoms with Gasteiger partial charge in [0, 0.05) is 17.0 Å². The molecule has 1 unspecified atom stereocenters. The number of hydrogen-bond acceptors (Lipinski definition) is 4. The Kier molecular flexibility index (Phi) is 6.18. The van der Waals surface area contributed by atoms with Crippen LogP contribution in [0.25, 0.3) is 10.4 Å². The predicted molar refractivity (Wildman–Crippen MR) is 86.1 cm³/mol. The molecule has 2 aromatic carbocycles. The number of benzene rings is 2. The first-order valence-electron chi connectivity index (χ1n) is 6.89. The minimum absolute atomic E-state index is 0.0144. The molecule has 0 N–H and O–H groups in total. The molecule has 1 atom stereocenters. The van der Waals surface area contributed by atoms with Crippen LogP contribution in [0.3, 0.4) is 0 Å². The summed E-state index contributed by atoms with van der Waals surface area (Å²) in [5.41, 5.74) is 8.79. The van der Waals surface area contributed by atoms with Crippen LogP contribution in [0.5, 0.6) is 5.75 Å². The molecular formula is C15H15FN3O3P. The first-order chi connectivity index (χ1) is 11.1. The third-order valence-electron chi connectivity index (χ3n) is 2.88. The highest BCUT2D eigenvalue weighted by atomic mass is 31.2. The SMILES string of the molecule is [N-]=[N+]=Nc1ccc(OCCCOP(=O)(F)c2ccccc2)cc1. The fourth-order valence-electron chi connectivity index (χ4n) is 1.77. The molecule has 0 radical (unpaired) electrons. The second-order valence-corrected chi connectivity index (χ2v) is 6.27. The third-order valence-corrected chi connectivity index (χ3v) is 4.31. The maximum absolute atomic E-state index is 13.9. The zero-order chi connectivity index (χ0) is 16.5. The molecule has 0 saturated heterocycles. The molecule has 0 aromatic heterocycles. The van der Waals surface area contributed by atoms with Gasteiger partial charge in [0.2, 0.25) is 0 Å². The Bertz CT molecular complexity index is 719. The molecule has 0 amide bonds. The molecule has 0 spiro atoms. The number of hydrogen-bond donors (Lipinski definition) is 0. The zero-order valence-corrected chi connectivity index (χ0v) is 13.1. The van der Waals surface area contributed by atoms with E-state index in [0.717, 1.165) is 0 Å². The Morgan fingerprint density at radius 3 is 2.43 bits per heavy atom. The van der Waals surface area contributed by atoms with Crippen molar-refractivity contribution in [2.24, 2.45) is 5.11 Å². The number of rotatable bonds is 8. The van der Waals surface area contributed by atoms with Gasteiger partial charge in [-0.2, -0.15) is 4.20 Å². The van der Waals surface area contributed by atoms with Crippen molar-refractivity contribution in [2.45, 2.75) is 6.42 Å². The second-order valence-electron chi connectivity index (χ2n) is 4.53. The number of halogens is 1. The first kappa shape index (κ1) is 17.0. The van der Waals surface area contributed by atoms with Gasteiger partial charge in [-0.3, -0.25) is 0 Å². The highest BCUT2D eigenvalue weighted by Crippen LogP contribution is 2.47. The van der Waals surface area contributed by atoms with Crippen LogP contribution in [0, 0.1) is 0 Å². The summed E-state index contributed by atoms with van der Waals surface area (Å²) in [5.74, 6) is 0.591. The fraction of sp³-hybridized carbons (Fsp3) is 0.200. The van der Waals surface area contributed by atoms with E-state index in [0.29, 0.717) is 17.9 Å². The van der Waals surface area contributed by atoms with Crippen molar-refractivity contribution in [2.75, 3.05) is 13.2 Å². The molecule has 6 nitrogen and oxygen atoms in total. The van der Waals surface area contributed by atoms with E-state index in [4.69, 9.17) is 14.8 Å². The van der Waals surface area contributed by atoms with Crippen molar-refractivity contribution in [1.82, 2.24) is 0 Å². The average Bonchev–Trinajstić information content (AvgIpc) is 2.57. The van der Waals surface area contributed by atoms with E-state index in [2.05, 4.69) is 10.0 Å². The summed E-state index contributed by atoms with van der Waals surface area (Å²) in [6, 6.07) is 14.4. The van der Waals surface area contributed by atoms with E-state index in [1.165, 1.54) is 12.1 Å². The van der Waals surface area contributed by atoms with Crippen LogP contribution in [0.15, 0.2) is 59.7 Å². The molecule has 0 saturated carbocycles. The van der Waals surface area contributed by atoms with E-state index in [-0.39, 0.29) is 18.5 Å². The maximum Gasteiger partial charge on any atom is 0.397 e. The summed E-state index contributed by atoms with van der Waals surface area (Å²) in [7, 11) is -4.27. The summed E-state index contributed by atoms with van der Waals surface area (Å²) < 4.78 is 36.0. The molecule has 0 aliphatic rings. The lowest BCUT2D eigenvalue weighted by Gasteiger charge is -2.10. The standard InChI is InChI=1S/C15H15FN3O3P/c16-23(20,15-5-2-1-3-6-15)22-12-4-11-21-14-9-7-13(8-10-14)18-19-17/h1-3,5-10H,4,11-12H2. The smallest absolute Gasteiger partial charge is 0.397 e. The maximum atomic E-state index is 13.9. The molecule has 0 aliphatic heterocycles. The number of ether oxygens (including phenoxy) is 1. The fourth-order valence-corrected chi connectivity index (χ4v) is 2.81. The van der Waals surface area contributed by atoms with Gasteiger partial charge in [-0.25, -0.2) is 4.57 Å². The van der Waals surface area contributed by atoms with Gasteiger partial charge in [0.05, 0.1) is 18.5 Å². The third kappa shape index (κ3) is 5.42. The van der Waals surface area contributed by atoms with Gasteiger partial charge < -0.3 is 9.26 Å². The van der Waals surface area contributed by atoms with Crippen LogP contribution in [-0.4, -0.2) is 13.2 Å². The van der Waals surface area contributed by atoms with Gasteiger partial charge in [-0.05, 0) is 41.9 Å². The van der Waals surface area contributed by atoms with Gasteiger partial charge in [-0.1, -0.05) is 23.3 Å². The van der Waals surface area contributed by atoms with Crippen LogP contribution >= 0.6 is 7.68 Å². The van der Waals surface area contributed by atoms with E-state index in [1.54, 1.807) is 42.5 Å². The monoisotopic (exact) mass is 335 g/mol. The summed E-state index contributed by atoms with van der Waals surface area (Å²) in [6.07, 6.45) is 0.388. The molecule has 2 rings (SSSR count). The van der Waals surface area contributed by atoms with E-state index >= 15 is 0 Å². The summed E-state index contributed by atoms with van der Waals surface area (Å²) >= 11 is 0. The predicted octanol–water partition coefficient (Wildman–Crippen LogP) is 4.90. The Labute approximate surface area is 133 Å². The largest absolute Gasteiger partial charge is 0.494 e. The van der Waals surface area contributed by atoms with Crippen molar-refractivity contribution in [3.05, 3.63) is 65.0 Å². The van der Waals surface area contributed by atoms with Gasteiger partial charge in [0.25, 0.3) is 0 Å². The van der Waals surface area contributed by atoms with Crippen LogP contribution in [-0.2, 0) is 9.09 Å². The van der Waals surface area contributed by atoms with Gasteiger partial charge in [-0.15, -0.1) is 0 Å². The molecule has 120 valence electrons. The number of azide groups is 1. The molecule has 8 heteroatoms. The quantitative estimate of drug-likeness (QED) is 0.226. The summed E-state index contributed by atoms with van der Waals surface area (Å²) in [6.45, 7) is 0.273. The van der Waals surface area contributed by atoms with E-state index in [9.17, 15) is 8.76 Å².